The van der Waals surface area contributed by atoms with Gasteiger partial charge in [-0.3, -0.25) is 4.79 Å². The highest BCUT2D eigenvalue weighted by molar-refractivity contribution is 7.89. The molecule has 2 heterocycles. The third-order valence-corrected chi connectivity index (χ3v) is 7.96. The Balaban J connectivity index is 1.65. The van der Waals surface area contributed by atoms with Crippen LogP contribution in [-0.2, 0) is 21.2 Å². The van der Waals surface area contributed by atoms with Gasteiger partial charge < -0.3 is 15.0 Å². The van der Waals surface area contributed by atoms with E-state index < -0.39 is 21.7 Å². The summed E-state index contributed by atoms with van der Waals surface area (Å²) in [5.74, 6) is -1.06. The first kappa shape index (κ1) is 22.7. The summed E-state index contributed by atoms with van der Waals surface area (Å²) in [5.41, 5.74) is 1.57. The fraction of sp³-hybridized carbons (Fsp3) is 0.435. The van der Waals surface area contributed by atoms with Gasteiger partial charge in [0.25, 0.3) is 5.91 Å². The van der Waals surface area contributed by atoms with Crippen molar-refractivity contribution in [3.05, 3.63) is 53.3 Å². The molecule has 0 saturated carbocycles. The zero-order chi connectivity index (χ0) is 22.7. The molecule has 7 nitrogen and oxygen atoms in total. The minimum atomic E-state index is -3.77. The number of benzene rings is 2. The molecule has 2 aromatic carbocycles. The fourth-order valence-electron chi connectivity index (χ4n) is 4.20. The van der Waals surface area contributed by atoms with Gasteiger partial charge in [0.15, 0.2) is 0 Å². The molecule has 0 atom stereocenters. The Kier molecular flexibility index (Phi) is 6.78. The number of para-hydroxylation sites is 1. The van der Waals surface area contributed by atoms with Crippen molar-refractivity contribution in [1.29, 1.82) is 0 Å². The summed E-state index contributed by atoms with van der Waals surface area (Å²) in [4.78, 5) is 15.2. The lowest BCUT2D eigenvalue weighted by molar-refractivity contribution is 0.0730. The van der Waals surface area contributed by atoms with E-state index in [9.17, 15) is 17.6 Å². The van der Waals surface area contributed by atoms with Gasteiger partial charge in [-0.05, 0) is 49.1 Å². The highest BCUT2D eigenvalue weighted by Crippen LogP contribution is 2.32. The van der Waals surface area contributed by atoms with Crippen LogP contribution < -0.4 is 10.2 Å². The fourth-order valence-corrected chi connectivity index (χ4v) is 5.93. The van der Waals surface area contributed by atoms with Crippen LogP contribution in [0.5, 0.6) is 0 Å². The van der Waals surface area contributed by atoms with Gasteiger partial charge in [0.1, 0.15) is 11.5 Å². The standard InChI is InChI=1S/C23H28FN3O4S/c1-2-17-8-9-18(16-21(17)32(29,30)27-12-14-31-15-13-27)23(28)25-22-19(24)6-5-7-20(22)26-10-3-4-11-26/h5-9,16H,2-4,10-15H2,1H3,(H,25,28). The number of ether oxygens (including phenoxy) is 1. The predicted octanol–water partition coefficient (Wildman–Crippen LogP) is 3.26. The Labute approximate surface area is 188 Å². The summed E-state index contributed by atoms with van der Waals surface area (Å²) in [6.45, 7) is 4.71. The highest BCUT2D eigenvalue weighted by atomic mass is 32.2. The number of nitrogens with one attached hydrogen (secondary N) is 1. The third kappa shape index (κ3) is 4.51. The minimum absolute atomic E-state index is 0.114. The molecule has 0 aromatic heterocycles. The van der Waals surface area contributed by atoms with E-state index in [1.807, 2.05) is 11.8 Å². The van der Waals surface area contributed by atoms with Crippen molar-refractivity contribution in [2.45, 2.75) is 31.1 Å². The first-order chi connectivity index (χ1) is 15.4. The Morgan fingerprint density at radius 3 is 2.50 bits per heavy atom. The summed E-state index contributed by atoms with van der Waals surface area (Å²) in [6.07, 6.45) is 2.55. The summed E-state index contributed by atoms with van der Waals surface area (Å²) >= 11 is 0. The van der Waals surface area contributed by atoms with Crippen molar-refractivity contribution < 1.29 is 22.3 Å². The number of sulfonamides is 1. The number of nitrogens with zero attached hydrogens (tertiary/aromatic N) is 2. The van der Waals surface area contributed by atoms with Crippen molar-refractivity contribution in [2.24, 2.45) is 0 Å². The lowest BCUT2D eigenvalue weighted by Crippen LogP contribution is -2.41. The van der Waals surface area contributed by atoms with Gasteiger partial charge in [-0.1, -0.05) is 19.1 Å². The Hall–Kier alpha value is -2.49. The molecule has 1 amide bonds. The highest BCUT2D eigenvalue weighted by Gasteiger charge is 2.29. The van der Waals surface area contributed by atoms with E-state index in [1.165, 1.54) is 16.4 Å². The van der Waals surface area contributed by atoms with Crippen LogP contribution in [0.3, 0.4) is 0 Å². The lowest BCUT2D eigenvalue weighted by atomic mass is 10.1. The van der Waals surface area contributed by atoms with Crippen LogP contribution in [0.15, 0.2) is 41.3 Å². The van der Waals surface area contributed by atoms with Gasteiger partial charge in [-0.25, -0.2) is 12.8 Å². The summed E-state index contributed by atoms with van der Waals surface area (Å²) in [7, 11) is -3.77. The molecule has 2 aliphatic rings. The molecule has 0 aliphatic carbocycles. The van der Waals surface area contributed by atoms with Crippen molar-refractivity contribution in [3.8, 4) is 0 Å². The number of carbonyl (C=O) groups excluding carboxylic acids is 1. The number of rotatable bonds is 6. The van der Waals surface area contributed by atoms with E-state index in [4.69, 9.17) is 4.74 Å². The van der Waals surface area contributed by atoms with Crippen molar-refractivity contribution in [1.82, 2.24) is 4.31 Å². The topological polar surface area (TPSA) is 79.0 Å². The summed E-state index contributed by atoms with van der Waals surface area (Å²) in [5, 5.41) is 2.68. The first-order valence-electron chi connectivity index (χ1n) is 11.0. The molecule has 2 aromatic rings. The van der Waals surface area contributed by atoms with E-state index in [-0.39, 0.29) is 29.2 Å². The molecule has 172 valence electrons. The Morgan fingerprint density at radius 1 is 1.09 bits per heavy atom. The van der Waals surface area contributed by atoms with Gasteiger partial charge in [0.2, 0.25) is 10.0 Å². The van der Waals surface area contributed by atoms with Crippen molar-refractivity contribution >= 4 is 27.3 Å². The molecule has 2 aliphatic heterocycles. The van der Waals surface area contributed by atoms with Gasteiger partial charge >= 0.3 is 0 Å². The predicted molar refractivity (Wildman–Crippen MR) is 121 cm³/mol. The molecular weight excluding hydrogens is 433 g/mol. The van der Waals surface area contributed by atoms with E-state index in [0.29, 0.717) is 30.9 Å². The molecule has 32 heavy (non-hydrogen) atoms. The quantitative estimate of drug-likeness (QED) is 0.715. The number of anilines is 2. The molecule has 9 heteroatoms. The molecule has 0 unspecified atom stereocenters. The normalized spacial score (nSPS) is 17.5. The smallest absolute Gasteiger partial charge is 0.255 e. The van der Waals surface area contributed by atoms with Crippen molar-refractivity contribution in [3.63, 3.8) is 0 Å². The summed E-state index contributed by atoms with van der Waals surface area (Å²) in [6, 6.07) is 9.37. The van der Waals surface area contributed by atoms with Crippen LogP contribution in [0.25, 0.3) is 0 Å². The first-order valence-corrected chi connectivity index (χ1v) is 12.4. The molecular formula is C23H28FN3O4S. The lowest BCUT2D eigenvalue weighted by Gasteiger charge is -2.27. The van der Waals surface area contributed by atoms with Crippen molar-refractivity contribution in [2.75, 3.05) is 49.6 Å². The van der Waals surface area contributed by atoms with Crippen LogP contribution in [0.1, 0.15) is 35.7 Å². The van der Waals surface area contributed by atoms with Crippen LogP contribution in [0, 0.1) is 5.82 Å². The zero-order valence-electron chi connectivity index (χ0n) is 18.1. The maximum Gasteiger partial charge on any atom is 0.255 e. The molecule has 0 spiro atoms. The number of aryl methyl sites for hydroxylation is 1. The minimum Gasteiger partial charge on any atom is -0.379 e. The van der Waals surface area contributed by atoms with Crippen LogP contribution in [-0.4, -0.2) is 58.0 Å². The number of hydrogen-bond acceptors (Lipinski definition) is 5. The van der Waals surface area contributed by atoms with Crippen LogP contribution in [0.4, 0.5) is 15.8 Å². The molecule has 0 radical (unpaired) electrons. The summed E-state index contributed by atoms with van der Waals surface area (Å²) < 4.78 is 47.8. The zero-order valence-corrected chi connectivity index (χ0v) is 19.0. The maximum atomic E-state index is 14.7. The number of morpholine rings is 1. The van der Waals surface area contributed by atoms with E-state index in [2.05, 4.69) is 5.32 Å². The van der Waals surface area contributed by atoms with Gasteiger partial charge in [0.05, 0.1) is 23.8 Å². The second kappa shape index (κ2) is 9.56. The largest absolute Gasteiger partial charge is 0.379 e. The number of hydrogen-bond donors (Lipinski definition) is 1. The van der Waals surface area contributed by atoms with E-state index in [1.54, 1.807) is 24.3 Å². The van der Waals surface area contributed by atoms with E-state index >= 15 is 0 Å². The second-order valence-electron chi connectivity index (χ2n) is 7.97. The van der Waals surface area contributed by atoms with Gasteiger partial charge in [0, 0.05) is 31.7 Å². The maximum absolute atomic E-state index is 14.7. The Morgan fingerprint density at radius 2 is 1.81 bits per heavy atom. The number of halogens is 1. The van der Waals surface area contributed by atoms with Crippen LogP contribution >= 0.6 is 0 Å². The Bertz CT molecular complexity index is 1090. The molecule has 4 rings (SSSR count). The second-order valence-corrected chi connectivity index (χ2v) is 9.88. The van der Waals surface area contributed by atoms with Gasteiger partial charge in [-0.15, -0.1) is 0 Å². The SMILES string of the molecule is CCc1ccc(C(=O)Nc2c(F)cccc2N2CCCC2)cc1S(=O)(=O)N1CCOCC1. The van der Waals surface area contributed by atoms with Gasteiger partial charge in [-0.2, -0.15) is 4.31 Å². The monoisotopic (exact) mass is 461 g/mol. The molecule has 1 N–H and O–H groups in total. The van der Waals surface area contributed by atoms with E-state index in [0.717, 1.165) is 25.9 Å². The average Bonchev–Trinajstić information content (AvgIpc) is 3.35. The average molecular weight is 462 g/mol. The number of carbonyl (C=O) groups is 1. The molecule has 0 bridgehead atoms. The molecule has 2 fully saturated rings. The van der Waals surface area contributed by atoms with Crippen LogP contribution in [0.2, 0.25) is 0 Å². The molecule has 2 saturated heterocycles. The third-order valence-electron chi connectivity index (χ3n) is 5.98. The number of amides is 1.